The summed E-state index contributed by atoms with van der Waals surface area (Å²) in [4.78, 5) is 0. The number of sulfonamides is 1. The molecule has 0 fully saturated rings. The summed E-state index contributed by atoms with van der Waals surface area (Å²) in [6.07, 6.45) is 1.51. The first kappa shape index (κ1) is 10.3. The second-order valence-corrected chi connectivity index (χ2v) is 5.32. The molecule has 1 aromatic rings. The lowest BCUT2D eigenvalue weighted by Crippen LogP contribution is -2.30. The van der Waals surface area contributed by atoms with Crippen molar-refractivity contribution in [3.05, 3.63) is 24.2 Å². The maximum atomic E-state index is 11.3. The third-order valence-corrected chi connectivity index (χ3v) is 3.44. The third-order valence-electron chi connectivity index (χ3n) is 1.65. The SMILES string of the molecule is CC(C)S(=O)(=O)NCc1ccco1. The van der Waals surface area contributed by atoms with Gasteiger partial charge < -0.3 is 4.42 Å². The molecule has 74 valence electrons. The second kappa shape index (κ2) is 3.93. The normalized spacial score (nSPS) is 12.2. The molecule has 13 heavy (non-hydrogen) atoms. The quantitative estimate of drug-likeness (QED) is 0.797. The highest BCUT2D eigenvalue weighted by Gasteiger charge is 2.15. The summed E-state index contributed by atoms with van der Waals surface area (Å²) in [7, 11) is -3.18. The van der Waals surface area contributed by atoms with Gasteiger partial charge in [-0.3, -0.25) is 0 Å². The molecule has 0 saturated carbocycles. The maximum Gasteiger partial charge on any atom is 0.214 e. The Balaban J connectivity index is 2.53. The van der Waals surface area contributed by atoms with Gasteiger partial charge in [0.1, 0.15) is 5.76 Å². The molecule has 0 unspecified atom stereocenters. The fourth-order valence-corrected chi connectivity index (χ4v) is 1.43. The number of furan rings is 1. The zero-order valence-electron chi connectivity index (χ0n) is 7.65. The summed E-state index contributed by atoms with van der Waals surface area (Å²) in [5, 5.41) is -0.414. The molecule has 0 bridgehead atoms. The summed E-state index contributed by atoms with van der Waals surface area (Å²) in [5.74, 6) is 0.615. The van der Waals surface area contributed by atoms with Crippen LogP contribution in [-0.2, 0) is 16.6 Å². The van der Waals surface area contributed by atoms with Crippen LogP contribution in [0.3, 0.4) is 0 Å². The van der Waals surface area contributed by atoms with Gasteiger partial charge in [0, 0.05) is 0 Å². The van der Waals surface area contributed by atoms with Gasteiger partial charge in [0.25, 0.3) is 0 Å². The van der Waals surface area contributed by atoms with Crippen LogP contribution in [0, 0.1) is 0 Å². The van der Waals surface area contributed by atoms with E-state index in [0.717, 1.165) is 0 Å². The van der Waals surface area contributed by atoms with E-state index in [0.29, 0.717) is 5.76 Å². The number of nitrogens with one attached hydrogen (secondary N) is 1. The van der Waals surface area contributed by atoms with E-state index in [1.807, 2.05) is 0 Å². The highest BCUT2D eigenvalue weighted by molar-refractivity contribution is 7.90. The molecule has 5 heteroatoms. The van der Waals surface area contributed by atoms with Crippen molar-refractivity contribution in [2.75, 3.05) is 0 Å². The van der Waals surface area contributed by atoms with Gasteiger partial charge in [0.15, 0.2) is 0 Å². The van der Waals surface area contributed by atoms with Crippen molar-refractivity contribution in [3.63, 3.8) is 0 Å². The van der Waals surface area contributed by atoms with Crippen LogP contribution < -0.4 is 4.72 Å². The van der Waals surface area contributed by atoms with Gasteiger partial charge in [-0.2, -0.15) is 0 Å². The molecule has 4 nitrogen and oxygen atoms in total. The minimum atomic E-state index is -3.18. The molecule has 0 saturated heterocycles. The highest BCUT2D eigenvalue weighted by atomic mass is 32.2. The molecular weight excluding hydrogens is 190 g/mol. The van der Waals surface area contributed by atoms with Crippen LogP contribution in [0.1, 0.15) is 19.6 Å². The first-order chi connectivity index (χ1) is 6.02. The Bertz CT molecular complexity index is 339. The van der Waals surface area contributed by atoms with Crippen LogP contribution in [0.2, 0.25) is 0 Å². The molecular formula is C8H13NO3S. The fourth-order valence-electron chi connectivity index (χ4n) is 0.752. The Labute approximate surface area is 78.0 Å². The molecule has 0 aliphatic carbocycles. The Morgan fingerprint density at radius 1 is 1.54 bits per heavy atom. The molecule has 0 radical (unpaired) electrons. The molecule has 1 rings (SSSR count). The molecule has 1 N–H and O–H groups in total. The van der Waals surface area contributed by atoms with E-state index in [9.17, 15) is 8.42 Å². The molecule has 0 aliphatic heterocycles. The molecule has 0 aliphatic rings. The minimum Gasteiger partial charge on any atom is -0.468 e. The largest absolute Gasteiger partial charge is 0.468 e. The standard InChI is InChI=1S/C8H13NO3S/c1-7(2)13(10,11)9-6-8-4-3-5-12-8/h3-5,7,9H,6H2,1-2H3. The van der Waals surface area contributed by atoms with Crippen molar-refractivity contribution in [1.82, 2.24) is 4.72 Å². The first-order valence-corrected chi connectivity index (χ1v) is 5.58. The van der Waals surface area contributed by atoms with E-state index in [-0.39, 0.29) is 6.54 Å². The second-order valence-electron chi connectivity index (χ2n) is 2.99. The minimum absolute atomic E-state index is 0.216. The van der Waals surface area contributed by atoms with Crippen LogP contribution >= 0.6 is 0 Å². The van der Waals surface area contributed by atoms with E-state index in [1.54, 1.807) is 26.0 Å². The first-order valence-electron chi connectivity index (χ1n) is 4.03. The molecule has 0 aromatic carbocycles. The molecule has 1 aromatic heterocycles. The number of hydrogen-bond donors (Lipinski definition) is 1. The lowest BCUT2D eigenvalue weighted by Gasteiger charge is -2.07. The molecule has 0 spiro atoms. The van der Waals surface area contributed by atoms with Crippen molar-refractivity contribution >= 4 is 10.0 Å². The van der Waals surface area contributed by atoms with Gasteiger partial charge >= 0.3 is 0 Å². The highest BCUT2D eigenvalue weighted by Crippen LogP contribution is 2.02. The molecule has 0 amide bonds. The van der Waals surface area contributed by atoms with E-state index < -0.39 is 15.3 Å². The smallest absolute Gasteiger partial charge is 0.214 e. The Hall–Kier alpha value is -0.810. The van der Waals surface area contributed by atoms with E-state index >= 15 is 0 Å². The topological polar surface area (TPSA) is 59.3 Å². The lowest BCUT2D eigenvalue weighted by molar-refractivity contribution is 0.497. The Morgan fingerprint density at radius 3 is 2.69 bits per heavy atom. The summed E-state index contributed by atoms with van der Waals surface area (Å²) >= 11 is 0. The predicted octanol–water partition coefficient (Wildman–Crippen LogP) is 1.11. The summed E-state index contributed by atoms with van der Waals surface area (Å²) in [6, 6.07) is 3.45. The average Bonchev–Trinajstić information content (AvgIpc) is 2.52. The molecule has 1 heterocycles. The van der Waals surface area contributed by atoms with Crippen molar-refractivity contribution in [3.8, 4) is 0 Å². The fraction of sp³-hybridized carbons (Fsp3) is 0.500. The monoisotopic (exact) mass is 203 g/mol. The van der Waals surface area contributed by atoms with Gasteiger partial charge in [0.05, 0.1) is 18.1 Å². The maximum absolute atomic E-state index is 11.3. The predicted molar refractivity (Wildman–Crippen MR) is 49.6 cm³/mol. The summed E-state index contributed by atoms with van der Waals surface area (Å²) in [5.41, 5.74) is 0. The van der Waals surface area contributed by atoms with Crippen LogP contribution in [0.4, 0.5) is 0 Å². The van der Waals surface area contributed by atoms with Crippen LogP contribution in [0.25, 0.3) is 0 Å². The van der Waals surface area contributed by atoms with Gasteiger partial charge in [-0.15, -0.1) is 0 Å². The van der Waals surface area contributed by atoms with Crippen molar-refractivity contribution in [1.29, 1.82) is 0 Å². The summed E-state index contributed by atoms with van der Waals surface area (Å²) in [6.45, 7) is 3.47. The van der Waals surface area contributed by atoms with Crippen molar-refractivity contribution < 1.29 is 12.8 Å². The number of rotatable bonds is 4. The van der Waals surface area contributed by atoms with Gasteiger partial charge in [0.2, 0.25) is 10.0 Å². The van der Waals surface area contributed by atoms with Crippen molar-refractivity contribution in [2.45, 2.75) is 25.6 Å². The average molecular weight is 203 g/mol. The zero-order chi connectivity index (χ0) is 9.90. The van der Waals surface area contributed by atoms with Gasteiger partial charge in [-0.25, -0.2) is 13.1 Å². The van der Waals surface area contributed by atoms with Crippen molar-refractivity contribution in [2.24, 2.45) is 0 Å². The molecule has 0 atom stereocenters. The zero-order valence-corrected chi connectivity index (χ0v) is 8.47. The van der Waals surface area contributed by atoms with Crippen LogP contribution in [0.5, 0.6) is 0 Å². The van der Waals surface area contributed by atoms with Crippen LogP contribution in [-0.4, -0.2) is 13.7 Å². The third kappa shape index (κ3) is 2.86. The lowest BCUT2D eigenvalue weighted by atomic mass is 10.5. The van der Waals surface area contributed by atoms with Crippen LogP contribution in [0.15, 0.2) is 22.8 Å². The Kier molecular flexibility index (Phi) is 3.11. The summed E-state index contributed by atoms with van der Waals surface area (Å²) < 4.78 is 30.0. The van der Waals surface area contributed by atoms with E-state index in [2.05, 4.69) is 4.72 Å². The van der Waals surface area contributed by atoms with Gasteiger partial charge in [-0.1, -0.05) is 0 Å². The Morgan fingerprint density at radius 2 is 2.23 bits per heavy atom. The van der Waals surface area contributed by atoms with E-state index in [1.165, 1.54) is 6.26 Å². The van der Waals surface area contributed by atoms with Gasteiger partial charge in [-0.05, 0) is 26.0 Å². The number of hydrogen-bond acceptors (Lipinski definition) is 3. The van der Waals surface area contributed by atoms with E-state index in [4.69, 9.17) is 4.42 Å².